The van der Waals surface area contributed by atoms with Gasteiger partial charge < -0.3 is 14.2 Å². The highest BCUT2D eigenvalue weighted by atomic mass is 35.5. The Kier molecular flexibility index (Phi) is 6.33. The third-order valence-electron chi connectivity index (χ3n) is 4.34. The molecular formula is C21H18ClFN4O4S. The summed E-state index contributed by atoms with van der Waals surface area (Å²) in [6.07, 6.45) is 0.928. The van der Waals surface area contributed by atoms with Crippen LogP contribution < -0.4 is 9.47 Å². The van der Waals surface area contributed by atoms with Gasteiger partial charge in [0.2, 0.25) is 5.88 Å². The zero-order chi connectivity index (χ0) is 22.8. The standard InChI is InChI=1S/C21H18ClFN4O4S/c1-4-29-16-8-24-17-12(5-10(2)6-14(17)25-16)19-26-15-7-13(23)18(27-20(15)32-19)31-11(3)9-30-21(22)28/h5-8,11H,4,9H2,1-3H3/t11-/m0/s1. The molecule has 0 saturated carbocycles. The lowest BCUT2D eigenvalue weighted by Crippen LogP contribution is -2.20. The molecule has 0 bridgehead atoms. The van der Waals surface area contributed by atoms with Crippen molar-refractivity contribution >= 4 is 49.7 Å². The Bertz CT molecular complexity index is 1320. The number of halogens is 2. The van der Waals surface area contributed by atoms with Crippen LogP contribution in [0.15, 0.2) is 24.4 Å². The summed E-state index contributed by atoms with van der Waals surface area (Å²) < 4.78 is 30.1. The van der Waals surface area contributed by atoms with Crippen molar-refractivity contribution < 1.29 is 23.4 Å². The fourth-order valence-electron chi connectivity index (χ4n) is 3.06. The van der Waals surface area contributed by atoms with Gasteiger partial charge in [0, 0.05) is 23.2 Å². The van der Waals surface area contributed by atoms with Gasteiger partial charge in [0.1, 0.15) is 28.1 Å². The van der Waals surface area contributed by atoms with Gasteiger partial charge in [0.15, 0.2) is 5.82 Å². The lowest BCUT2D eigenvalue weighted by molar-refractivity contribution is 0.100. The molecule has 32 heavy (non-hydrogen) atoms. The smallest absolute Gasteiger partial charge is 0.403 e. The first-order valence-electron chi connectivity index (χ1n) is 9.70. The normalized spacial score (nSPS) is 12.2. The summed E-state index contributed by atoms with van der Waals surface area (Å²) in [4.78, 5) is 29.0. The molecule has 1 atom stereocenters. The van der Waals surface area contributed by atoms with Gasteiger partial charge in [-0.05, 0) is 38.5 Å². The summed E-state index contributed by atoms with van der Waals surface area (Å²) in [5, 5.41) is 0.625. The van der Waals surface area contributed by atoms with Crippen LogP contribution in [0.3, 0.4) is 0 Å². The van der Waals surface area contributed by atoms with Crippen LogP contribution in [-0.2, 0) is 4.74 Å². The fraction of sp³-hybridized carbons (Fsp3) is 0.286. The SMILES string of the molecule is CCOc1cnc2c(-c3nc4cc(F)c(O[C@@H](C)COC(=O)Cl)nc4s3)cc(C)cc2n1. The molecule has 3 aromatic heterocycles. The Balaban J connectivity index is 1.71. The first-order chi connectivity index (χ1) is 15.3. The van der Waals surface area contributed by atoms with Gasteiger partial charge in [-0.3, -0.25) is 0 Å². The van der Waals surface area contributed by atoms with Gasteiger partial charge >= 0.3 is 5.43 Å². The molecular weight excluding hydrogens is 459 g/mol. The van der Waals surface area contributed by atoms with Crippen molar-refractivity contribution in [1.29, 1.82) is 0 Å². The number of benzene rings is 1. The number of aryl methyl sites for hydroxylation is 1. The first kappa shape index (κ1) is 22.1. The molecule has 0 spiro atoms. The summed E-state index contributed by atoms with van der Waals surface area (Å²) in [7, 11) is 0. The second-order valence-corrected chi connectivity index (χ2v) is 8.20. The minimum Gasteiger partial charge on any atom is -0.477 e. The monoisotopic (exact) mass is 476 g/mol. The third kappa shape index (κ3) is 4.71. The van der Waals surface area contributed by atoms with Crippen molar-refractivity contribution in [3.05, 3.63) is 35.8 Å². The van der Waals surface area contributed by atoms with E-state index in [1.807, 2.05) is 26.0 Å². The van der Waals surface area contributed by atoms with E-state index in [2.05, 4.69) is 24.7 Å². The molecule has 1 aromatic carbocycles. The van der Waals surface area contributed by atoms with E-state index >= 15 is 0 Å². The van der Waals surface area contributed by atoms with Crippen molar-refractivity contribution in [2.75, 3.05) is 13.2 Å². The molecule has 0 aliphatic rings. The number of ether oxygens (including phenoxy) is 3. The number of thiazole rings is 1. The maximum Gasteiger partial charge on any atom is 0.403 e. The number of carbonyl (C=O) groups is 1. The van der Waals surface area contributed by atoms with Gasteiger partial charge in [0.25, 0.3) is 5.88 Å². The highest BCUT2D eigenvalue weighted by molar-refractivity contribution is 7.21. The van der Waals surface area contributed by atoms with Crippen LogP contribution in [0.5, 0.6) is 11.8 Å². The van der Waals surface area contributed by atoms with Gasteiger partial charge in [0.05, 0.1) is 23.8 Å². The summed E-state index contributed by atoms with van der Waals surface area (Å²) in [5.74, 6) is -0.435. The summed E-state index contributed by atoms with van der Waals surface area (Å²) in [5.41, 5.74) is 2.51. The lowest BCUT2D eigenvalue weighted by Gasteiger charge is -2.13. The highest BCUT2D eigenvalue weighted by Crippen LogP contribution is 2.35. The van der Waals surface area contributed by atoms with Crippen molar-refractivity contribution in [1.82, 2.24) is 19.9 Å². The average molecular weight is 477 g/mol. The number of hydrogen-bond donors (Lipinski definition) is 0. The van der Waals surface area contributed by atoms with Crippen molar-refractivity contribution in [3.8, 4) is 22.3 Å². The molecule has 3 heterocycles. The largest absolute Gasteiger partial charge is 0.477 e. The topological polar surface area (TPSA) is 96.3 Å². The molecule has 4 rings (SSSR count). The second-order valence-electron chi connectivity index (χ2n) is 6.92. The Morgan fingerprint density at radius 1 is 1.22 bits per heavy atom. The van der Waals surface area contributed by atoms with E-state index in [1.54, 1.807) is 13.1 Å². The van der Waals surface area contributed by atoms with Crippen LogP contribution in [0.1, 0.15) is 19.4 Å². The van der Waals surface area contributed by atoms with Crippen molar-refractivity contribution in [3.63, 3.8) is 0 Å². The second kappa shape index (κ2) is 9.17. The molecule has 0 aliphatic carbocycles. The summed E-state index contributed by atoms with van der Waals surface area (Å²) >= 11 is 6.42. The van der Waals surface area contributed by atoms with Crippen LogP contribution in [0, 0.1) is 12.7 Å². The minimum atomic E-state index is -0.960. The van der Waals surface area contributed by atoms with Crippen molar-refractivity contribution in [2.24, 2.45) is 0 Å². The summed E-state index contributed by atoms with van der Waals surface area (Å²) in [6.45, 7) is 5.80. The van der Waals surface area contributed by atoms with E-state index in [-0.39, 0.29) is 12.5 Å². The van der Waals surface area contributed by atoms with Crippen LogP contribution >= 0.6 is 22.9 Å². The molecule has 8 nitrogen and oxygen atoms in total. The molecule has 0 unspecified atom stereocenters. The van der Waals surface area contributed by atoms with E-state index in [1.165, 1.54) is 17.4 Å². The zero-order valence-electron chi connectivity index (χ0n) is 17.4. The van der Waals surface area contributed by atoms with Gasteiger partial charge in [-0.2, -0.15) is 4.98 Å². The number of aromatic nitrogens is 4. The third-order valence-corrected chi connectivity index (χ3v) is 5.45. The van der Waals surface area contributed by atoms with E-state index in [9.17, 15) is 9.18 Å². The lowest BCUT2D eigenvalue weighted by atomic mass is 10.1. The number of nitrogens with zero attached hydrogens (tertiary/aromatic N) is 4. The Labute approximate surface area is 191 Å². The van der Waals surface area contributed by atoms with Crippen LogP contribution in [0.4, 0.5) is 9.18 Å². The van der Waals surface area contributed by atoms with E-state index < -0.39 is 17.3 Å². The quantitative estimate of drug-likeness (QED) is 0.332. The average Bonchev–Trinajstić information content (AvgIpc) is 3.14. The first-order valence-corrected chi connectivity index (χ1v) is 10.9. The van der Waals surface area contributed by atoms with Crippen LogP contribution in [0.25, 0.3) is 32.0 Å². The number of rotatable bonds is 7. The predicted octanol–water partition coefficient (Wildman–Crippen LogP) is 5.29. The van der Waals surface area contributed by atoms with Crippen LogP contribution in [-0.4, -0.2) is 44.7 Å². The maximum absolute atomic E-state index is 14.5. The van der Waals surface area contributed by atoms with E-state index in [0.29, 0.717) is 38.9 Å². The van der Waals surface area contributed by atoms with Gasteiger partial charge in [-0.15, -0.1) is 0 Å². The molecule has 4 aromatic rings. The number of carbonyl (C=O) groups excluding carboxylic acids is 1. The molecule has 0 fully saturated rings. The Hall–Kier alpha value is -3.11. The molecule has 0 saturated heterocycles. The number of fused-ring (bicyclic) bond motifs is 2. The van der Waals surface area contributed by atoms with E-state index in [0.717, 1.165) is 11.1 Å². The van der Waals surface area contributed by atoms with Gasteiger partial charge in [-0.25, -0.2) is 24.1 Å². The molecule has 11 heteroatoms. The minimum absolute atomic E-state index is 0.132. The predicted molar refractivity (Wildman–Crippen MR) is 119 cm³/mol. The van der Waals surface area contributed by atoms with Gasteiger partial charge in [-0.1, -0.05) is 11.3 Å². The molecule has 0 radical (unpaired) electrons. The molecule has 0 amide bonds. The molecule has 0 aliphatic heterocycles. The van der Waals surface area contributed by atoms with Crippen LogP contribution in [0.2, 0.25) is 0 Å². The Morgan fingerprint density at radius 3 is 2.78 bits per heavy atom. The fourth-order valence-corrected chi connectivity index (χ4v) is 4.05. The maximum atomic E-state index is 14.5. The number of pyridine rings is 1. The zero-order valence-corrected chi connectivity index (χ0v) is 19.0. The number of hydrogen-bond acceptors (Lipinski definition) is 9. The van der Waals surface area contributed by atoms with E-state index in [4.69, 9.17) is 21.1 Å². The molecule has 166 valence electrons. The molecule has 0 N–H and O–H groups in total. The summed E-state index contributed by atoms with van der Waals surface area (Å²) in [6, 6.07) is 5.13. The van der Waals surface area contributed by atoms with Crippen molar-refractivity contribution in [2.45, 2.75) is 26.9 Å². The Morgan fingerprint density at radius 2 is 2.03 bits per heavy atom. The highest BCUT2D eigenvalue weighted by Gasteiger charge is 2.18.